The van der Waals surface area contributed by atoms with E-state index in [9.17, 15) is 13.2 Å². The first-order valence-corrected chi connectivity index (χ1v) is 11.7. The van der Waals surface area contributed by atoms with Gasteiger partial charge in [0, 0.05) is 18.7 Å². The predicted molar refractivity (Wildman–Crippen MR) is 123 cm³/mol. The zero-order valence-corrected chi connectivity index (χ0v) is 19.7. The number of amides is 1. The average molecular weight is 457 g/mol. The maximum absolute atomic E-state index is 13.2. The van der Waals surface area contributed by atoms with Crippen LogP contribution in [-0.4, -0.2) is 39.4 Å². The molecule has 0 bridgehead atoms. The third-order valence-corrected chi connectivity index (χ3v) is 6.96. The molecule has 0 spiro atoms. The second-order valence-corrected chi connectivity index (χ2v) is 9.71. The second kappa shape index (κ2) is 9.48. The lowest BCUT2D eigenvalue weighted by atomic mass is 10.1. The molecule has 0 unspecified atom stereocenters. The molecule has 32 heavy (non-hydrogen) atoms. The van der Waals surface area contributed by atoms with E-state index in [1.165, 1.54) is 23.5 Å². The van der Waals surface area contributed by atoms with Crippen molar-refractivity contribution >= 4 is 21.6 Å². The number of rotatable bonds is 8. The van der Waals surface area contributed by atoms with Crippen molar-refractivity contribution in [3.05, 3.63) is 77.7 Å². The van der Waals surface area contributed by atoms with Crippen molar-refractivity contribution in [2.24, 2.45) is 0 Å². The number of sulfonamides is 1. The van der Waals surface area contributed by atoms with Crippen LogP contribution in [0.4, 0.5) is 5.69 Å². The molecular weight excluding hydrogens is 428 g/mol. The van der Waals surface area contributed by atoms with E-state index < -0.39 is 10.0 Å². The van der Waals surface area contributed by atoms with Crippen LogP contribution in [0.2, 0.25) is 0 Å². The Balaban J connectivity index is 1.88. The van der Waals surface area contributed by atoms with Crippen LogP contribution < -0.4 is 9.04 Å². The number of hydrogen-bond donors (Lipinski definition) is 0. The minimum Gasteiger partial charge on any atom is -0.497 e. The third kappa shape index (κ3) is 4.96. The molecule has 0 aliphatic carbocycles. The summed E-state index contributed by atoms with van der Waals surface area (Å²) in [6.07, 6.45) is 0. The molecule has 1 amide bonds. The van der Waals surface area contributed by atoms with E-state index in [1.807, 2.05) is 32.9 Å². The number of hydrogen-bond acceptors (Lipinski definition) is 5. The number of methoxy groups -OCH3 is 1. The van der Waals surface area contributed by atoms with E-state index in [1.54, 1.807) is 48.4 Å². The summed E-state index contributed by atoms with van der Waals surface area (Å²) in [5.41, 5.74) is 0.783. The number of benzene rings is 2. The fourth-order valence-electron chi connectivity index (χ4n) is 3.27. The standard InChI is InChI=1S/C24H28N2O5S/c1-17(2)26(16-22-12-9-18(3)31-22)24(27)19-7-6-8-23(15-19)32(28,29)25(4)20-10-13-21(30-5)14-11-20/h6-15,17H,16H2,1-5H3. The monoisotopic (exact) mass is 456 g/mol. The van der Waals surface area contributed by atoms with Crippen molar-refractivity contribution in [3.63, 3.8) is 0 Å². The highest BCUT2D eigenvalue weighted by Crippen LogP contribution is 2.25. The zero-order chi connectivity index (χ0) is 23.5. The molecule has 0 N–H and O–H groups in total. The van der Waals surface area contributed by atoms with Gasteiger partial charge in [-0.05, 0) is 75.4 Å². The van der Waals surface area contributed by atoms with Gasteiger partial charge in [0.25, 0.3) is 15.9 Å². The van der Waals surface area contributed by atoms with E-state index in [0.717, 1.165) is 5.76 Å². The molecule has 1 heterocycles. The first kappa shape index (κ1) is 23.4. The van der Waals surface area contributed by atoms with Gasteiger partial charge in [-0.2, -0.15) is 0 Å². The van der Waals surface area contributed by atoms with Crippen molar-refractivity contribution in [1.29, 1.82) is 0 Å². The van der Waals surface area contributed by atoms with E-state index in [2.05, 4.69) is 0 Å². The number of anilines is 1. The molecule has 0 saturated heterocycles. The Morgan fingerprint density at radius 3 is 2.31 bits per heavy atom. The minimum atomic E-state index is -3.87. The van der Waals surface area contributed by atoms with Crippen molar-refractivity contribution in [3.8, 4) is 5.75 Å². The number of ether oxygens (including phenoxy) is 1. The zero-order valence-electron chi connectivity index (χ0n) is 18.9. The van der Waals surface area contributed by atoms with Gasteiger partial charge < -0.3 is 14.1 Å². The van der Waals surface area contributed by atoms with Crippen LogP contribution in [0.15, 0.2) is 70.0 Å². The maximum Gasteiger partial charge on any atom is 0.264 e. The molecule has 0 atom stereocenters. The molecule has 170 valence electrons. The summed E-state index contributed by atoms with van der Waals surface area (Å²) < 4.78 is 38.4. The molecule has 0 aliphatic heterocycles. The Morgan fingerprint density at radius 1 is 1.06 bits per heavy atom. The van der Waals surface area contributed by atoms with Crippen molar-refractivity contribution in [2.75, 3.05) is 18.5 Å². The molecule has 0 fully saturated rings. The van der Waals surface area contributed by atoms with E-state index in [-0.39, 0.29) is 16.8 Å². The Hall–Kier alpha value is -3.26. The normalized spacial score (nSPS) is 11.4. The third-order valence-electron chi connectivity index (χ3n) is 5.18. The quantitative estimate of drug-likeness (QED) is 0.500. The first-order valence-electron chi connectivity index (χ1n) is 10.2. The van der Waals surface area contributed by atoms with Gasteiger partial charge in [-0.25, -0.2) is 8.42 Å². The summed E-state index contributed by atoms with van der Waals surface area (Å²) >= 11 is 0. The molecule has 0 saturated carbocycles. The van der Waals surface area contributed by atoms with Crippen LogP contribution in [0, 0.1) is 6.92 Å². The van der Waals surface area contributed by atoms with Gasteiger partial charge in [-0.3, -0.25) is 9.10 Å². The highest BCUT2D eigenvalue weighted by molar-refractivity contribution is 7.92. The lowest BCUT2D eigenvalue weighted by Gasteiger charge is -2.26. The van der Waals surface area contributed by atoms with Gasteiger partial charge in [0.1, 0.15) is 17.3 Å². The second-order valence-electron chi connectivity index (χ2n) is 7.74. The largest absolute Gasteiger partial charge is 0.497 e. The molecule has 0 radical (unpaired) electrons. The smallest absolute Gasteiger partial charge is 0.264 e. The summed E-state index contributed by atoms with van der Waals surface area (Å²) in [5.74, 6) is 1.81. The highest BCUT2D eigenvalue weighted by Gasteiger charge is 2.25. The summed E-state index contributed by atoms with van der Waals surface area (Å²) in [6.45, 7) is 5.96. The van der Waals surface area contributed by atoms with Gasteiger partial charge in [-0.15, -0.1) is 0 Å². The van der Waals surface area contributed by atoms with Gasteiger partial charge in [-0.1, -0.05) is 6.07 Å². The predicted octanol–water partition coefficient (Wildman–Crippen LogP) is 4.47. The summed E-state index contributed by atoms with van der Waals surface area (Å²) in [5, 5.41) is 0. The topological polar surface area (TPSA) is 80.1 Å². The lowest BCUT2D eigenvalue weighted by molar-refractivity contribution is 0.0675. The van der Waals surface area contributed by atoms with Gasteiger partial charge in [0.15, 0.2) is 0 Å². The molecule has 0 aliphatic rings. The molecule has 3 rings (SSSR count). The lowest BCUT2D eigenvalue weighted by Crippen LogP contribution is -2.36. The minimum absolute atomic E-state index is 0.0409. The Bertz CT molecular complexity index is 1180. The Morgan fingerprint density at radius 2 is 1.75 bits per heavy atom. The maximum atomic E-state index is 13.2. The highest BCUT2D eigenvalue weighted by atomic mass is 32.2. The summed E-state index contributed by atoms with van der Waals surface area (Å²) in [7, 11) is -0.841. The molecule has 7 nitrogen and oxygen atoms in total. The van der Waals surface area contributed by atoms with E-state index in [4.69, 9.17) is 9.15 Å². The Labute approximate surface area is 189 Å². The van der Waals surface area contributed by atoms with Gasteiger partial charge >= 0.3 is 0 Å². The molecule has 2 aromatic carbocycles. The van der Waals surface area contributed by atoms with Crippen LogP contribution in [-0.2, 0) is 16.6 Å². The molecule has 3 aromatic rings. The number of aryl methyl sites for hydroxylation is 1. The fourth-order valence-corrected chi connectivity index (χ4v) is 4.51. The number of nitrogens with zero attached hydrogens (tertiary/aromatic N) is 2. The van der Waals surface area contributed by atoms with Gasteiger partial charge in [0.05, 0.1) is 24.2 Å². The van der Waals surface area contributed by atoms with Crippen molar-refractivity contribution in [1.82, 2.24) is 4.90 Å². The van der Waals surface area contributed by atoms with Crippen LogP contribution >= 0.6 is 0 Å². The fraction of sp³-hybridized carbons (Fsp3) is 0.292. The number of carbonyl (C=O) groups excluding carboxylic acids is 1. The molecule has 1 aromatic heterocycles. The SMILES string of the molecule is COc1ccc(N(C)S(=O)(=O)c2cccc(C(=O)N(Cc3ccc(C)o3)C(C)C)c2)cc1. The average Bonchev–Trinajstić information content (AvgIpc) is 3.21. The summed E-state index contributed by atoms with van der Waals surface area (Å²) in [4.78, 5) is 14.9. The van der Waals surface area contributed by atoms with Crippen LogP contribution in [0.5, 0.6) is 5.75 Å². The van der Waals surface area contributed by atoms with Gasteiger partial charge in [0.2, 0.25) is 0 Å². The number of carbonyl (C=O) groups is 1. The van der Waals surface area contributed by atoms with E-state index >= 15 is 0 Å². The summed E-state index contributed by atoms with van der Waals surface area (Å²) in [6, 6.07) is 16.4. The molecular formula is C24H28N2O5S. The van der Waals surface area contributed by atoms with Crippen LogP contribution in [0.3, 0.4) is 0 Å². The van der Waals surface area contributed by atoms with Crippen LogP contribution in [0.25, 0.3) is 0 Å². The van der Waals surface area contributed by atoms with Crippen molar-refractivity contribution < 1.29 is 22.4 Å². The number of furan rings is 1. The van der Waals surface area contributed by atoms with Crippen molar-refractivity contribution in [2.45, 2.75) is 38.3 Å². The Kier molecular flexibility index (Phi) is 6.93. The molecule has 8 heteroatoms. The van der Waals surface area contributed by atoms with E-state index in [0.29, 0.717) is 29.3 Å². The first-order chi connectivity index (χ1) is 15.1. The van der Waals surface area contributed by atoms with Crippen LogP contribution in [0.1, 0.15) is 35.7 Å².